The van der Waals surface area contributed by atoms with E-state index in [1.54, 1.807) is 0 Å². The van der Waals surface area contributed by atoms with E-state index in [0.717, 1.165) is 31.7 Å². The van der Waals surface area contributed by atoms with Gasteiger partial charge in [-0.05, 0) is 31.9 Å². The van der Waals surface area contributed by atoms with Gasteiger partial charge in [0.15, 0.2) is 0 Å². The molecule has 0 saturated carbocycles. The molecule has 0 bridgehead atoms. The number of aromatic nitrogens is 1. The molecule has 1 aliphatic heterocycles. The van der Waals surface area contributed by atoms with Crippen LogP contribution < -0.4 is 5.32 Å². The van der Waals surface area contributed by atoms with Crippen LogP contribution in [-0.4, -0.2) is 24.2 Å². The summed E-state index contributed by atoms with van der Waals surface area (Å²) in [5.41, 5.74) is 1.11. The molecule has 2 heterocycles. The van der Waals surface area contributed by atoms with Gasteiger partial charge in [-0.15, -0.1) is 0 Å². The zero-order valence-corrected chi connectivity index (χ0v) is 9.15. The minimum Gasteiger partial charge on any atom is -0.381 e. The summed E-state index contributed by atoms with van der Waals surface area (Å²) in [5, 5.41) is 3.59. The minimum absolute atomic E-state index is 0.328. The Hall–Kier alpha value is -0.930. The van der Waals surface area contributed by atoms with Crippen molar-refractivity contribution in [3.8, 4) is 0 Å². The van der Waals surface area contributed by atoms with E-state index in [1.807, 2.05) is 18.3 Å². The minimum atomic E-state index is 0.328. The highest BCUT2D eigenvalue weighted by Crippen LogP contribution is 2.13. The topological polar surface area (TPSA) is 34.1 Å². The molecule has 1 fully saturated rings. The van der Waals surface area contributed by atoms with Crippen molar-refractivity contribution >= 4 is 0 Å². The lowest BCUT2D eigenvalue weighted by molar-refractivity contribution is 0.0753. The smallest absolute Gasteiger partial charge is 0.0570 e. The van der Waals surface area contributed by atoms with Crippen molar-refractivity contribution in [2.45, 2.75) is 31.8 Å². The number of nitrogens with one attached hydrogen (secondary N) is 1. The van der Waals surface area contributed by atoms with Gasteiger partial charge in [0.1, 0.15) is 0 Å². The Bertz CT molecular complexity index is 283. The van der Waals surface area contributed by atoms with Gasteiger partial charge in [-0.25, -0.2) is 0 Å². The molecule has 1 N–H and O–H groups in total. The van der Waals surface area contributed by atoms with Crippen molar-refractivity contribution in [1.29, 1.82) is 0 Å². The lowest BCUT2D eigenvalue weighted by Gasteiger charge is -2.26. The second-order valence-electron chi connectivity index (χ2n) is 4.03. The van der Waals surface area contributed by atoms with Gasteiger partial charge in [-0.3, -0.25) is 4.98 Å². The molecular formula is C12H18N2O. The Morgan fingerprint density at radius 2 is 2.20 bits per heavy atom. The molecule has 1 aliphatic rings. The number of hydrogen-bond donors (Lipinski definition) is 1. The predicted molar refractivity (Wildman–Crippen MR) is 59.6 cm³/mol. The highest BCUT2D eigenvalue weighted by atomic mass is 16.5. The lowest BCUT2D eigenvalue weighted by Crippen LogP contribution is -2.36. The normalized spacial score (nSPS) is 20.1. The van der Waals surface area contributed by atoms with Crippen LogP contribution in [0.2, 0.25) is 0 Å². The number of rotatable bonds is 3. The van der Waals surface area contributed by atoms with Crippen LogP contribution in [0.4, 0.5) is 0 Å². The summed E-state index contributed by atoms with van der Waals surface area (Å²) < 4.78 is 5.33. The SMILES string of the molecule is CC(NC1CCOCC1)c1ccccn1. The Labute approximate surface area is 90.9 Å². The third-order valence-corrected chi connectivity index (χ3v) is 2.84. The van der Waals surface area contributed by atoms with Crippen molar-refractivity contribution in [1.82, 2.24) is 10.3 Å². The van der Waals surface area contributed by atoms with Crippen molar-refractivity contribution in [2.24, 2.45) is 0 Å². The molecule has 82 valence electrons. The van der Waals surface area contributed by atoms with Gasteiger partial charge in [0.05, 0.1) is 5.69 Å². The molecular weight excluding hydrogens is 188 g/mol. The van der Waals surface area contributed by atoms with E-state index >= 15 is 0 Å². The van der Waals surface area contributed by atoms with Gasteiger partial charge < -0.3 is 10.1 Å². The summed E-state index contributed by atoms with van der Waals surface area (Å²) in [6, 6.07) is 6.96. The van der Waals surface area contributed by atoms with Crippen LogP contribution in [0, 0.1) is 0 Å². The monoisotopic (exact) mass is 206 g/mol. The molecule has 3 nitrogen and oxygen atoms in total. The van der Waals surface area contributed by atoms with E-state index in [9.17, 15) is 0 Å². The van der Waals surface area contributed by atoms with E-state index in [0.29, 0.717) is 12.1 Å². The van der Waals surface area contributed by atoms with E-state index in [2.05, 4.69) is 23.3 Å². The molecule has 0 aromatic carbocycles. The fourth-order valence-electron chi connectivity index (χ4n) is 1.94. The molecule has 1 aromatic heterocycles. The van der Waals surface area contributed by atoms with E-state index in [4.69, 9.17) is 4.74 Å². The third kappa shape index (κ3) is 3.01. The molecule has 2 rings (SSSR count). The van der Waals surface area contributed by atoms with Gasteiger partial charge in [0, 0.05) is 31.5 Å². The maximum absolute atomic E-state index is 5.33. The molecule has 15 heavy (non-hydrogen) atoms. The van der Waals surface area contributed by atoms with Crippen molar-refractivity contribution in [2.75, 3.05) is 13.2 Å². The molecule has 0 aliphatic carbocycles. The van der Waals surface area contributed by atoms with Crippen molar-refractivity contribution in [3.63, 3.8) is 0 Å². The maximum atomic E-state index is 5.33. The number of nitrogens with zero attached hydrogens (tertiary/aromatic N) is 1. The summed E-state index contributed by atoms with van der Waals surface area (Å²) >= 11 is 0. The van der Waals surface area contributed by atoms with Gasteiger partial charge in [0.25, 0.3) is 0 Å². The average Bonchev–Trinajstić information content (AvgIpc) is 2.31. The molecule has 1 atom stereocenters. The van der Waals surface area contributed by atoms with Gasteiger partial charge >= 0.3 is 0 Å². The van der Waals surface area contributed by atoms with Crippen LogP contribution in [0.15, 0.2) is 24.4 Å². The van der Waals surface area contributed by atoms with Crippen LogP contribution in [-0.2, 0) is 4.74 Å². The van der Waals surface area contributed by atoms with Crippen LogP contribution in [0.1, 0.15) is 31.5 Å². The molecule has 0 amide bonds. The largest absolute Gasteiger partial charge is 0.381 e. The first-order valence-electron chi connectivity index (χ1n) is 5.61. The van der Waals surface area contributed by atoms with Gasteiger partial charge in [0.2, 0.25) is 0 Å². The first kappa shape index (κ1) is 10.6. The fourth-order valence-corrected chi connectivity index (χ4v) is 1.94. The number of pyridine rings is 1. The molecule has 1 unspecified atom stereocenters. The Morgan fingerprint density at radius 3 is 2.87 bits per heavy atom. The Kier molecular flexibility index (Phi) is 3.69. The zero-order valence-electron chi connectivity index (χ0n) is 9.15. The van der Waals surface area contributed by atoms with E-state index < -0.39 is 0 Å². The second-order valence-corrected chi connectivity index (χ2v) is 4.03. The van der Waals surface area contributed by atoms with Crippen LogP contribution >= 0.6 is 0 Å². The third-order valence-electron chi connectivity index (χ3n) is 2.84. The van der Waals surface area contributed by atoms with Crippen molar-refractivity contribution in [3.05, 3.63) is 30.1 Å². The summed E-state index contributed by atoms with van der Waals surface area (Å²) in [7, 11) is 0. The summed E-state index contributed by atoms with van der Waals surface area (Å²) in [5.74, 6) is 0. The van der Waals surface area contributed by atoms with Crippen molar-refractivity contribution < 1.29 is 4.74 Å². The predicted octanol–water partition coefficient (Wildman–Crippen LogP) is 1.91. The quantitative estimate of drug-likeness (QED) is 0.820. The highest BCUT2D eigenvalue weighted by Gasteiger charge is 2.16. The summed E-state index contributed by atoms with van der Waals surface area (Å²) in [4.78, 5) is 4.35. The maximum Gasteiger partial charge on any atom is 0.0570 e. The van der Waals surface area contributed by atoms with E-state index in [1.165, 1.54) is 0 Å². The number of ether oxygens (including phenoxy) is 1. The van der Waals surface area contributed by atoms with Gasteiger partial charge in [-0.2, -0.15) is 0 Å². The molecule has 0 spiro atoms. The van der Waals surface area contributed by atoms with Crippen LogP contribution in [0.25, 0.3) is 0 Å². The second kappa shape index (κ2) is 5.24. The molecule has 3 heteroatoms. The number of hydrogen-bond acceptors (Lipinski definition) is 3. The Balaban J connectivity index is 1.88. The average molecular weight is 206 g/mol. The summed E-state index contributed by atoms with van der Waals surface area (Å²) in [6.45, 7) is 3.93. The molecule has 1 aromatic rings. The molecule has 0 radical (unpaired) electrons. The standard InChI is InChI=1S/C12H18N2O/c1-10(12-4-2-3-7-13-12)14-11-5-8-15-9-6-11/h2-4,7,10-11,14H,5-6,8-9H2,1H3. The Morgan fingerprint density at radius 1 is 1.40 bits per heavy atom. The fraction of sp³-hybridized carbons (Fsp3) is 0.583. The molecule has 1 saturated heterocycles. The lowest BCUT2D eigenvalue weighted by atomic mass is 10.1. The van der Waals surface area contributed by atoms with E-state index in [-0.39, 0.29) is 0 Å². The summed E-state index contributed by atoms with van der Waals surface area (Å²) in [6.07, 6.45) is 4.06. The van der Waals surface area contributed by atoms with Crippen LogP contribution in [0.3, 0.4) is 0 Å². The van der Waals surface area contributed by atoms with Gasteiger partial charge in [-0.1, -0.05) is 6.07 Å². The zero-order chi connectivity index (χ0) is 10.5. The van der Waals surface area contributed by atoms with Crippen LogP contribution in [0.5, 0.6) is 0 Å². The first-order chi connectivity index (χ1) is 7.36. The highest BCUT2D eigenvalue weighted by molar-refractivity contribution is 5.07. The first-order valence-corrected chi connectivity index (χ1v) is 5.61.